The average molecular weight is 665 g/mol. The summed E-state index contributed by atoms with van der Waals surface area (Å²) in [4.78, 5) is 14.4. The van der Waals surface area contributed by atoms with Gasteiger partial charge in [0.2, 0.25) is 10.0 Å². The first-order chi connectivity index (χ1) is 22.5. The molecule has 2 aromatic heterocycles. The number of benzene rings is 1. The van der Waals surface area contributed by atoms with Gasteiger partial charge in [-0.2, -0.15) is 0 Å². The van der Waals surface area contributed by atoms with E-state index in [4.69, 9.17) is 4.98 Å². The van der Waals surface area contributed by atoms with E-state index in [2.05, 4.69) is 53.4 Å². The van der Waals surface area contributed by atoms with Gasteiger partial charge in [-0.3, -0.25) is 9.71 Å². The van der Waals surface area contributed by atoms with Gasteiger partial charge in [0.05, 0.1) is 23.2 Å². The van der Waals surface area contributed by atoms with Crippen LogP contribution in [0, 0.1) is 23.5 Å². The Balaban J connectivity index is 1.49. The van der Waals surface area contributed by atoms with E-state index < -0.39 is 21.7 Å². The van der Waals surface area contributed by atoms with Gasteiger partial charge in [0.25, 0.3) is 0 Å². The first-order valence-corrected chi connectivity index (χ1v) is 18.6. The number of piperidine rings is 1. The van der Waals surface area contributed by atoms with Crippen molar-refractivity contribution in [1.29, 1.82) is 0 Å². The summed E-state index contributed by atoms with van der Waals surface area (Å²) in [6, 6.07) is 2.56. The van der Waals surface area contributed by atoms with Gasteiger partial charge in [-0.25, -0.2) is 22.2 Å². The average Bonchev–Trinajstić information content (AvgIpc) is 3.81. The van der Waals surface area contributed by atoms with Crippen molar-refractivity contribution in [2.24, 2.45) is 16.8 Å². The minimum absolute atomic E-state index is 0.139. The highest BCUT2D eigenvalue weighted by molar-refractivity contribution is 7.92. The van der Waals surface area contributed by atoms with Gasteiger partial charge in [-0.15, -0.1) is 0 Å². The van der Waals surface area contributed by atoms with Gasteiger partial charge in [-0.05, 0) is 63.5 Å². The van der Waals surface area contributed by atoms with Crippen LogP contribution in [0.4, 0.5) is 20.3 Å². The summed E-state index contributed by atoms with van der Waals surface area (Å²) in [6.45, 7) is 11.3. The van der Waals surface area contributed by atoms with Crippen molar-refractivity contribution in [3.8, 4) is 5.69 Å². The fraction of sp³-hybridized carbons (Fsp3) is 0.500. The van der Waals surface area contributed by atoms with Crippen LogP contribution in [0.15, 0.2) is 47.4 Å². The van der Waals surface area contributed by atoms with E-state index in [0.717, 1.165) is 77.5 Å². The van der Waals surface area contributed by atoms with Crippen LogP contribution in [0.5, 0.6) is 0 Å². The van der Waals surface area contributed by atoms with Gasteiger partial charge in [-0.1, -0.05) is 32.4 Å². The monoisotopic (exact) mass is 664 g/mol. The van der Waals surface area contributed by atoms with Crippen molar-refractivity contribution >= 4 is 44.2 Å². The lowest BCUT2D eigenvalue weighted by Crippen LogP contribution is -2.44. The zero-order valence-corrected chi connectivity index (χ0v) is 28.9. The Morgan fingerprint density at radius 1 is 1.11 bits per heavy atom. The molecule has 0 spiro atoms. The summed E-state index contributed by atoms with van der Waals surface area (Å²) in [5.41, 5.74) is 3.60. The molecule has 252 valence electrons. The maximum absolute atomic E-state index is 16.2. The molecule has 1 unspecified atom stereocenters. The zero-order valence-electron chi connectivity index (χ0n) is 28.1. The number of fused-ring (bicyclic) bond motifs is 1. The molecule has 0 bridgehead atoms. The Morgan fingerprint density at radius 2 is 1.85 bits per heavy atom. The number of aromatic nitrogens is 2. The van der Waals surface area contributed by atoms with Crippen LogP contribution in [0.25, 0.3) is 22.2 Å². The molecule has 11 heteroatoms. The summed E-state index contributed by atoms with van der Waals surface area (Å²) in [7, 11) is -1.70. The number of pyridine rings is 1. The van der Waals surface area contributed by atoms with Crippen LogP contribution in [0.3, 0.4) is 0 Å². The number of sulfonamides is 1. The maximum atomic E-state index is 16.2. The standard InChI is InChI=1S/C36H46F2N6O2S/c1-6-16-47(45,46)41-31-11-10-30(37)35(34(31)38)44-22-29(26-17-23(3)24(4)18-39-19-26)33-28(7-2)36(40-20-32(33)44)42(5)27-12-14-43(15-13-27)21-25-8-9-25/h10-11,17-20,22,24-25,27,41H,6-9,12-16,21H2,1-5H3. The van der Waals surface area contributed by atoms with Crippen molar-refractivity contribution in [1.82, 2.24) is 14.5 Å². The second kappa shape index (κ2) is 13.5. The Bertz CT molecular complexity index is 1850. The molecule has 1 atom stereocenters. The van der Waals surface area contributed by atoms with Crippen LogP contribution in [0.1, 0.15) is 70.9 Å². The third-order valence-corrected chi connectivity index (χ3v) is 11.4. The number of hydrogen-bond donors (Lipinski definition) is 1. The van der Waals surface area contributed by atoms with Crippen molar-refractivity contribution < 1.29 is 17.2 Å². The molecule has 1 N–H and O–H groups in total. The lowest BCUT2D eigenvalue weighted by Gasteiger charge is -2.38. The number of nitrogens with zero attached hydrogens (tertiary/aromatic N) is 5. The molecule has 2 fully saturated rings. The quantitative estimate of drug-likeness (QED) is 0.232. The third kappa shape index (κ3) is 6.88. The molecule has 3 aromatic rings. The fourth-order valence-electron chi connectivity index (χ4n) is 6.91. The van der Waals surface area contributed by atoms with Crippen molar-refractivity contribution in [3.05, 3.63) is 65.1 Å². The van der Waals surface area contributed by atoms with E-state index in [1.54, 1.807) is 25.5 Å². The molecule has 2 aliphatic heterocycles. The molecular weight excluding hydrogens is 618 g/mol. The Hall–Kier alpha value is -3.57. The van der Waals surface area contributed by atoms with Crippen LogP contribution >= 0.6 is 0 Å². The highest BCUT2D eigenvalue weighted by Crippen LogP contribution is 2.40. The van der Waals surface area contributed by atoms with Gasteiger partial charge >= 0.3 is 0 Å². The molecule has 1 aromatic carbocycles. The van der Waals surface area contributed by atoms with E-state index in [0.29, 0.717) is 24.4 Å². The topological polar surface area (TPSA) is 82.8 Å². The number of anilines is 2. The number of aliphatic imine (C=N–C) groups is 1. The third-order valence-electron chi connectivity index (χ3n) is 9.91. The Labute approximate surface area is 277 Å². The molecule has 47 heavy (non-hydrogen) atoms. The van der Waals surface area contributed by atoms with Gasteiger partial charge in [0.1, 0.15) is 17.3 Å². The van der Waals surface area contributed by atoms with Gasteiger partial charge in [0.15, 0.2) is 5.82 Å². The molecule has 4 heterocycles. The molecule has 1 saturated carbocycles. The van der Waals surface area contributed by atoms with Crippen LogP contribution < -0.4 is 9.62 Å². The maximum Gasteiger partial charge on any atom is 0.232 e. The minimum atomic E-state index is -3.81. The van der Waals surface area contributed by atoms with Crippen molar-refractivity contribution in [2.45, 2.75) is 72.3 Å². The number of halogens is 2. The lowest BCUT2D eigenvalue weighted by atomic mass is 9.96. The SMILES string of the molecule is CCCS(=O)(=O)Nc1ccc(F)c(-n2cc(C3=CN=CC(C)C(C)=C3)c3c(CC)c(N(C)C4CCN(CC5CC5)CC4)ncc32)c1F. The second-order valence-corrected chi connectivity index (χ2v) is 15.3. The fourth-order valence-corrected chi connectivity index (χ4v) is 8.04. The normalized spacial score (nSPS) is 19.5. The number of hydrogen-bond acceptors (Lipinski definition) is 6. The molecular formula is C36H46F2N6O2S. The minimum Gasteiger partial charge on any atom is -0.356 e. The smallest absolute Gasteiger partial charge is 0.232 e. The van der Waals surface area contributed by atoms with Crippen molar-refractivity contribution in [3.63, 3.8) is 0 Å². The number of allylic oxidation sites excluding steroid dienone is 3. The van der Waals surface area contributed by atoms with E-state index in [1.165, 1.54) is 24.0 Å². The molecule has 8 nitrogen and oxygen atoms in total. The molecule has 1 aliphatic carbocycles. The highest BCUT2D eigenvalue weighted by atomic mass is 32.2. The zero-order chi connectivity index (χ0) is 33.5. The van der Waals surface area contributed by atoms with E-state index in [1.807, 2.05) is 6.21 Å². The second-order valence-electron chi connectivity index (χ2n) is 13.4. The summed E-state index contributed by atoms with van der Waals surface area (Å²) in [5.74, 6) is -0.0900. The van der Waals surface area contributed by atoms with E-state index in [9.17, 15) is 8.42 Å². The first-order valence-electron chi connectivity index (χ1n) is 16.9. The predicted octanol–water partition coefficient (Wildman–Crippen LogP) is 7.34. The summed E-state index contributed by atoms with van der Waals surface area (Å²) in [6.07, 6.45) is 15.0. The Kier molecular flexibility index (Phi) is 9.58. The number of nitrogens with one attached hydrogen (secondary N) is 1. The predicted molar refractivity (Wildman–Crippen MR) is 188 cm³/mol. The van der Waals surface area contributed by atoms with E-state index >= 15 is 8.78 Å². The Morgan fingerprint density at radius 3 is 2.53 bits per heavy atom. The summed E-state index contributed by atoms with van der Waals surface area (Å²) < 4.78 is 60.8. The molecule has 0 radical (unpaired) electrons. The first kappa shape index (κ1) is 33.3. The number of rotatable bonds is 11. The molecule has 6 rings (SSSR count). The van der Waals surface area contributed by atoms with Crippen LogP contribution in [-0.2, 0) is 16.4 Å². The molecule has 3 aliphatic rings. The molecule has 0 amide bonds. The van der Waals surface area contributed by atoms with Crippen molar-refractivity contribution in [2.75, 3.05) is 42.1 Å². The largest absolute Gasteiger partial charge is 0.356 e. The van der Waals surface area contributed by atoms with Gasteiger partial charge < -0.3 is 14.4 Å². The molecule has 1 saturated heterocycles. The summed E-state index contributed by atoms with van der Waals surface area (Å²) >= 11 is 0. The van der Waals surface area contributed by atoms with Gasteiger partial charge in [0, 0.05) is 79.3 Å². The summed E-state index contributed by atoms with van der Waals surface area (Å²) in [5, 5.41) is 0.853. The van der Waals surface area contributed by atoms with Crippen LogP contribution in [0.2, 0.25) is 0 Å². The number of aryl methyl sites for hydroxylation is 1. The lowest BCUT2D eigenvalue weighted by molar-refractivity contribution is 0.203. The van der Waals surface area contributed by atoms with E-state index in [-0.39, 0.29) is 23.0 Å². The highest BCUT2D eigenvalue weighted by Gasteiger charge is 2.31. The van der Waals surface area contributed by atoms with Crippen LogP contribution in [-0.4, -0.2) is 67.6 Å². The number of likely N-dealkylation sites (tertiary alicyclic amines) is 1.